The zero-order valence-electron chi connectivity index (χ0n) is 13.8. The van der Waals surface area contributed by atoms with Crippen LogP contribution < -0.4 is 10.1 Å². The Morgan fingerprint density at radius 2 is 2.00 bits per heavy atom. The second-order valence-corrected chi connectivity index (χ2v) is 6.24. The molecule has 132 valence electrons. The number of hydrogen-bond donors (Lipinski definition) is 1. The average Bonchev–Trinajstić information content (AvgIpc) is 2.61. The molecular formula is C19H20F2N2O2. The average molecular weight is 346 g/mol. The second kappa shape index (κ2) is 8.05. The van der Waals surface area contributed by atoms with Crippen molar-refractivity contribution < 1.29 is 18.3 Å². The van der Waals surface area contributed by atoms with Crippen LogP contribution >= 0.6 is 0 Å². The third-order valence-electron chi connectivity index (χ3n) is 4.38. The summed E-state index contributed by atoms with van der Waals surface area (Å²) in [5, 5.41) is 2.54. The molecule has 0 saturated heterocycles. The Morgan fingerprint density at radius 1 is 1.20 bits per heavy atom. The number of anilines is 1. The third kappa shape index (κ3) is 4.53. The lowest BCUT2D eigenvalue weighted by atomic mass is 9.90. The largest absolute Gasteiger partial charge is 0.489 e. The number of hydrogen-bond acceptors (Lipinski definition) is 3. The predicted octanol–water partition coefficient (Wildman–Crippen LogP) is 4.57. The highest BCUT2D eigenvalue weighted by Gasteiger charge is 2.18. The van der Waals surface area contributed by atoms with Gasteiger partial charge in [-0.3, -0.25) is 4.79 Å². The van der Waals surface area contributed by atoms with Crippen LogP contribution in [0.1, 0.15) is 42.5 Å². The maximum Gasteiger partial charge on any atom is 0.259 e. The van der Waals surface area contributed by atoms with Gasteiger partial charge in [-0.05, 0) is 43.0 Å². The molecule has 0 radical (unpaired) electrons. The summed E-state index contributed by atoms with van der Waals surface area (Å²) in [7, 11) is 0. The Bertz CT molecular complexity index is 746. The minimum atomic E-state index is -0.918. The van der Waals surface area contributed by atoms with Crippen LogP contribution in [0.15, 0.2) is 36.5 Å². The van der Waals surface area contributed by atoms with E-state index in [0.29, 0.717) is 24.3 Å². The number of halogens is 2. The summed E-state index contributed by atoms with van der Waals surface area (Å²) in [4.78, 5) is 16.3. The minimum Gasteiger partial charge on any atom is -0.489 e. The summed E-state index contributed by atoms with van der Waals surface area (Å²) in [6, 6.07) is 6.24. The molecule has 25 heavy (non-hydrogen) atoms. The summed E-state index contributed by atoms with van der Waals surface area (Å²) in [5.41, 5.74) is -0.245. The molecule has 4 nitrogen and oxygen atoms in total. The van der Waals surface area contributed by atoms with E-state index in [1.54, 1.807) is 12.1 Å². The molecule has 0 spiro atoms. The first kappa shape index (κ1) is 17.3. The van der Waals surface area contributed by atoms with Gasteiger partial charge in [-0.25, -0.2) is 13.8 Å². The Balaban J connectivity index is 1.68. The van der Waals surface area contributed by atoms with Crippen LogP contribution in [-0.2, 0) is 0 Å². The van der Waals surface area contributed by atoms with E-state index in [1.807, 2.05) is 0 Å². The Labute approximate surface area is 145 Å². The summed E-state index contributed by atoms with van der Waals surface area (Å²) in [5.74, 6) is -1.16. The monoisotopic (exact) mass is 346 g/mol. The maximum atomic E-state index is 13.7. The van der Waals surface area contributed by atoms with Crippen molar-refractivity contribution in [3.05, 3.63) is 53.7 Å². The Morgan fingerprint density at radius 3 is 2.76 bits per heavy atom. The van der Waals surface area contributed by atoms with Gasteiger partial charge in [0.2, 0.25) is 0 Å². The SMILES string of the molecule is O=C(Nc1ncccc1OCC1CCCCC1)c1ccc(F)cc1F. The highest BCUT2D eigenvalue weighted by atomic mass is 19.1. The molecule has 1 aliphatic rings. The van der Waals surface area contributed by atoms with Crippen LogP contribution in [-0.4, -0.2) is 17.5 Å². The van der Waals surface area contributed by atoms with Crippen molar-refractivity contribution in [2.24, 2.45) is 5.92 Å². The van der Waals surface area contributed by atoms with Gasteiger partial charge in [0, 0.05) is 12.3 Å². The van der Waals surface area contributed by atoms with Crippen LogP contribution in [0.5, 0.6) is 5.75 Å². The fourth-order valence-corrected chi connectivity index (χ4v) is 3.01. The fourth-order valence-electron chi connectivity index (χ4n) is 3.01. The second-order valence-electron chi connectivity index (χ2n) is 6.24. The summed E-state index contributed by atoms with van der Waals surface area (Å²) in [6.45, 7) is 0.569. The molecule has 6 heteroatoms. The van der Waals surface area contributed by atoms with Crippen molar-refractivity contribution in [2.45, 2.75) is 32.1 Å². The van der Waals surface area contributed by atoms with Crippen LogP contribution in [0.4, 0.5) is 14.6 Å². The number of rotatable bonds is 5. The van der Waals surface area contributed by atoms with Crippen molar-refractivity contribution in [3.63, 3.8) is 0 Å². The lowest BCUT2D eigenvalue weighted by molar-refractivity contribution is 0.102. The zero-order valence-corrected chi connectivity index (χ0v) is 13.8. The molecule has 2 aromatic rings. The summed E-state index contributed by atoms with van der Waals surface area (Å²) >= 11 is 0. The van der Waals surface area contributed by atoms with Gasteiger partial charge < -0.3 is 10.1 Å². The molecule has 0 aliphatic heterocycles. The number of ether oxygens (including phenoxy) is 1. The van der Waals surface area contributed by atoms with Crippen molar-refractivity contribution in [1.82, 2.24) is 4.98 Å². The summed E-state index contributed by atoms with van der Waals surface area (Å²) in [6.07, 6.45) is 7.51. The van der Waals surface area contributed by atoms with E-state index in [0.717, 1.165) is 25.0 Å². The number of benzene rings is 1. The molecule has 0 atom stereocenters. The van der Waals surface area contributed by atoms with Crippen molar-refractivity contribution >= 4 is 11.7 Å². The normalized spacial score (nSPS) is 15.0. The lowest BCUT2D eigenvalue weighted by Gasteiger charge is -2.22. The molecule has 3 rings (SSSR count). The molecule has 1 aromatic carbocycles. The van der Waals surface area contributed by atoms with E-state index in [1.165, 1.54) is 25.5 Å². The number of amides is 1. The predicted molar refractivity (Wildman–Crippen MR) is 90.6 cm³/mol. The van der Waals surface area contributed by atoms with E-state index in [4.69, 9.17) is 4.74 Å². The first-order chi connectivity index (χ1) is 12.1. The Hall–Kier alpha value is -2.50. The Kier molecular flexibility index (Phi) is 5.58. The lowest BCUT2D eigenvalue weighted by Crippen LogP contribution is -2.18. The van der Waals surface area contributed by atoms with Gasteiger partial charge in [0.05, 0.1) is 12.2 Å². The fraction of sp³-hybridized carbons (Fsp3) is 0.368. The number of nitrogens with one attached hydrogen (secondary N) is 1. The molecule has 1 aromatic heterocycles. The van der Waals surface area contributed by atoms with E-state index >= 15 is 0 Å². The number of nitrogens with zero attached hydrogens (tertiary/aromatic N) is 1. The van der Waals surface area contributed by atoms with E-state index < -0.39 is 17.5 Å². The number of pyridine rings is 1. The van der Waals surface area contributed by atoms with Gasteiger partial charge in [-0.2, -0.15) is 0 Å². The molecule has 1 N–H and O–H groups in total. The number of carbonyl (C=O) groups is 1. The van der Waals surface area contributed by atoms with Gasteiger partial charge in [0.1, 0.15) is 11.6 Å². The van der Waals surface area contributed by atoms with Crippen LogP contribution in [0.25, 0.3) is 0 Å². The molecule has 1 heterocycles. The highest BCUT2D eigenvalue weighted by Crippen LogP contribution is 2.27. The molecular weight excluding hydrogens is 326 g/mol. The van der Waals surface area contributed by atoms with Crippen LogP contribution in [0.2, 0.25) is 0 Å². The van der Waals surface area contributed by atoms with E-state index in [9.17, 15) is 13.6 Å². The molecule has 0 bridgehead atoms. The molecule has 1 aliphatic carbocycles. The smallest absolute Gasteiger partial charge is 0.259 e. The number of carbonyl (C=O) groups excluding carboxylic acids is 1. The van der Waals surface area contributed by atoms with Crippen LogP contribution in [0, 0.1) is 17.6 Å². The molecule has 1 amide bonds. The van der Waals surface area contributed by atoms with Crippen LogP contribution in [0.3, 0.4) is 0 Å². The van der Waals surface area contributed by atoms with Crippen molar-refractivity contribution in [1.29, 1.82) is 0 Å². The van der Waals surface area contributed by atoms with Gasteiger partial charge in [0.25, 0.3) is 5.91 Å². The van der Waals surface area contributed by atoms with Gasteiger partial charge in [0.15, 0.2) is 11.6 Å². The van der Waals surface area contributed by atoms with Gasteiger partial charge >= 0.3 is 0 Å². The molecule has 1 fully saturated rings. The molecule has 0 unspecified atom stereocenters. The minimum absolute atomic E-state index is 0.229. The first-order valence-electron chi connectivity index (χ1n) is 8.47. The third-order valence-corrected chi connectivity index (χ3v) is 4.38. The highest BCUT2D eigenvalue weighted by molar-refractivity contribution is 6.04. The van der Waals surface area contributed by atoms with Gasteiger partial charge in [-0.1, -0.05) is 19.3 Å². The van der Waals surface area contributed by atoms with Crippen molar-refractivity contribution in [3.8, 4) is 5.75 Å². The van der Waals surface area contributed by atoms with Gasteiger partial charge in [-0.15, -0.1) is 0 Å². The standard InChI is InChI=1S/C19H20F2N2O2/c20-14-8-9-15(16(21)11-14)19(24)23-18-17(7-4-10-22-18)25-12-13-5-2-1-3-6-13/h4,7-11,13H,1-3,5-6,12H2,(H,22,23,24). The quantitative estimate of drug-likeness (QED) is 0.863. The van der Waals surface area contributed by atoms with E-state index in [2.05, 4.69) is 10.3 Å². The topological polar surface area (TPSA) is 51.2 Å². The van der Waals surface area contributed by atoms with E-state index in [-0.39, 0.29) is 11.4 Å². The maximum absolute atomic E-state index is 13.7. The zero-order chi connectivity index (χ0) is 17.6. The molecule has 1 saturated carbocycles. The summed E-state index contributed by atoms with van der Waals surface area (Å²) < 4.78 is 32.5. The van der Waals surface area contributed by atoms with Crippen molar-refractivity contribution in [2.75, 3.05) is 11.9 Å². The first-order valence-corrected chi connectivity index (χ1v) is 8.47. The number of aromatic nitrogens is 1.